The van der Waals surface area contributed by atoms with Gasteiger partial charge in [-0.25, -0.2) is 4.98 Å². The molecular weight excluding hydrogens is 242 g/mol. The Balaban J connectivity index is 2.79. The van der Waals surface area contributed by atoms with Gasteiger partial charge >= 0.3 is 0 Å². The number of phenols is 1. The number of benzene rings is 1. The third-order valence-corrected chi connectivity index (χ3v) is 2.67. The second kappa shape index (κ2) is 4.35. The van der Waals surface area contributed by atoms with E-state index < -0.39 is 0 Å². The Bertz CT molecular complexity index is 622. The average molecular weight is 254 g/mol. The van der Waals surface area contributed by atoms with Crippen LogP contribution < -0.4 is 11.3 Å². The highest BCUT2D eigenvalue weighted by molar-refractivity contribution is 6.28. The van der Waals surface area contributed by atoms with Gasteiger partial charge in [0.05, 0.1) is 5.52 Å². The van der Waals surface area contributed by atoms with Crippen LogP contribution >= 0.6 is 11.6 Å². The van der Waals surface area contributed by atoms with E-state index in [2.05, 4.69) is 4.98 Å². The fourth-order valence-electron chi connectivity index (χ4n) is 1.67. The fourth-order valence-corrected chi connectivity index (χ4v) is 1.90. The van der Waals surface area contributed by atoms with Gasteiger partial charge in [-0.2, -0.15) is 0 Å². The number of fused-ring (bicyclic) bond motifs is 1. The van der Waals surface area contributed by atoms with E-state index in [0.29, 0.717) is 5.52 Å². The molecule has 0 saturated heterocycles. The smallest absolute Gasteiger partial charge is 0.266 e. The summed E-state index contributed by atoms with van der Waals surface area (Å²) in [6.45, 7) is 2.02. The summed E-state index contributed by atoms with van der Waals surface area (Å²) in [6.07, 6.45) is 0. The lowest BCUT2D eigenvalue weighted by molar-refractivity contribution is 0.479. The Morgan fingerprint density at radius 3 is 2.94 bits per heavy atom. The number of phenolic OH excluding ortho intramolecular Hbond substituents is 1. The molecule has 1 aromatic carbocycles. The number of nitrogens with two attached hydrogens (primary N) is 1. The Hall–Kier alpha value is -1.59. The van der Waals surface area contributed by atoms with Gasteiger partial charge < -0.3 is 10.8 Å². The van der Waals surface area contributed by atoms with E-state index in [-0.39, 0.29) is 34.6 Å². The minimum Gasteiger partial charge on any atom is -0.507 e. The zero-order chi connectivity index (χ0) is 12.6. The van der Waals surface area contributed by atoms with Gasteiger partial charge in [-0.15, -0.1) is 0 Å². The summed E-state index contributed by atoms with van der Waals surface area (Å²) in [6, 6.07) is 4.44. The standard InChI is InChI=1S/C11H12ClN3O2/c1-6(13)5-15-10(17)9-7(14-11(15)12)3-2-4-8(9)16/h2-4,6,16H,5,13H2,1H3. The molecule has 2 rings (SSSR count). The number of aromatic nitrogens is 2. The van der Waals surface area contributed by atoms with Crippen molar-refractivity contribution in [3.05, 3.63) is 33.8 Å². The highest BCUT2D eigenvalue weighted by Crippen LogP contribution is 2.20. The lowest BCUT2D eigenvalue weighted by Gasteiger charge is -2.11. The zero-order valence-electron chi connectivity index (χ0n) is 9.22. The van der Waals surface area contributed by atoms with E-state index in [0.717, 1.165) is 0 Å². The summed E-state index contributed by atoms with van der Waals surface area (Å²) in [4.78, 5) is 16.2. The van der Waals surface area contributed by atoms with Gasteiger partial charge in [-0.1, -0.05) is 6.07 Å². The summed E-state index contributed by atoms with van der Waals surface area (Å²) < 4.78 is 1.26. The Kier molecular flexibility index (Phi) is 3.04. The molecule has 0 spiro atoms. The van der Waals surface area contributed by atoms with E-state index in [1.165, 1.54) is 10.6 Å². The maximum absolute atomic E-state index is 12.1. The van der Waals surface area contributed by atoms with Gasteiger partial charge in [0.25, 0.3) is 5.56 Å². The van der Waals surface area contributed by atoms with Crippen LogP contribution in [0.2, 0.25) is 5.28 Å². The molecule has 0 fully saturated rings. The minimum absolute atomic E-state index is 0.0744. The van der Waals surface area contributed by atoms with Crippen LogP contribution in [0.1, 0.15) is 6.92 Å². The molecule has 0 amide bonds. The third kappa shape index (κ3) is 2.11. The van der Waals surface area contributed by atoms with Crippen LogP contribution in [-0.4, -0.2) is 20.7 Å². The van der Waals surface area contributed by atoms with Gasteiger partial charge in [-0.3, -0.25) is 9.36 Å². The van der Waals surface area contributed by atoms with Crippen molar-refractivity contribution in [2.45, 2.75) is 19.5 Å². The fraction of sp³-hybridized carbons (Fsp3) is 0.273. The number of nitrogens with zero attached hydrogens (tertiary/aromatic N) is 2. The summed E-state index contributed by atoms with van der Waals surface area (Å²) in [5, 5.41) is 9.91. The predicted molar refractivity (Wildman–Crippen MR) is 66.3 cm³/mol. The molecule has 1 heterocycles. The lowest BCUT2D eigenvalue weighted by atomic mass is 10.2. The van der Waals surface area contributed by atoms with Crippen LogP contribution in [0.25, 0.3) is 10.9 Å². The normalized spacial score (nSPS) is 12.9. The van der Waals surface area contributed by atoms with Gasteiger partial charge in [0.2, 0.25) is 5.28 Å². The largest absolute Gasteiger partial charge is 0.507 e. The summed E-state index contributed by atoms with van der Waals surface area (Å²) in [5.41, 5.74) is 5.63. The van der Waals surface area contributed by atoms with Gasteiger partial charge in [-0.05, 0) is 30.7 Å². The summed E-state index contributed by atoms with van der Waals surface area (Å²) in [5.74, 6) is -0.102. The summed E-state index contributed by atoms with van der Waals surface area (Å²) in [7, 11) is 0. The van der Waals surface area contributed by atoms with Crippen molar-refractivity contribution in [2.75, 3.05) is 0 Å². The van der Waals surface area contributed by atoms with Crippen LogP contribution in [0.15, 0.2) is 23.0 Å². The van der Waals surface area contributed by atoms with Crippen molar-refractivity contribution in [1.29, 1.82) is 0 Å². The first-order chi connectivity index (χ1) is 8.00. The molecule has 0 aliphatic rings. The second-order valence-corrected chi connectivity index (χ2v) is 4.28. The molecule has 0 aliphatic carbocycles. The summed E-state index contributed by atoms with van der Waals surface area (Å²) >= 11 is 5.92. The second-order valence-electron chi connectivity index (χ2n) is 3.95. The van der Waals surface area contributed by atoms with Crippen LogP contribution in [0, 0.1) is 0 Å². The highest BCUT2D eigenvalue weighted by Gasteiger charge is 2.13. The molecule has 1 unspecified atom stereocenters. The number of rotatable bonds is 2. The molecule has 3 N–H and O–H groups in total. The predicted octanol–water partition coefficient (Wildman–Crippen LogP) is 1.10. The molecule has 0 bridgehead atoms. The first-order valence-electron chi connectivity index (χ1n) is 5.14. The van der Waals surface area contributed by atoms with E-state index in [4.69, 9.17) is 17.3 Å². The highest BCUT2D eigenvalue weighted by atomic mass is 35.5. The maximum Gasteiger partial charge on any atom is 0.266 e. The van der Waals surface area contributed by atoms with E-state index in [1.807, 2.05) is 0 Å². The monoisotopic (exact) mass is 253 g/mol. The SMILES string of the molecule is CC(N)Cn1c(Cl)nc2cccc(O)c2c1=O. The molecule has 17 heavy (non-hydrogen) atoms. The first-order valence-corrected chi connectivity index (χ1v) is 5.52. The first kappa shape index (κ1) is 11.9. The molecule has 1 atom stereocenters. The Labute approximate surface area is 102 Å². The molecule has 0 aliphatic heterocycles. The van der Waals surface area contributed by atoms with Crippen molar-refractivity contribution in [3.8, 4) is 5.75 Å². The lowest BCUT2D eigenvalue weighted by Crippen LogP contribution is -2.31. The Morgan fingerprint density at radius 2 is 2.29 bits per heavy atom. The molecular formula is C11H12ClN3O2. The van der Waals surface area contributed by atoms with Crippen LogP contribution in [0.5, 0.6) is 5.75 Å². The average Bonchev–Trinajstić information content (AvgIpc) is 2.23. The van der Waals surface area contributed by atoms with E-state index >= 15 is 0 Å². The number of hydrogen-bond acceptors (Lipinski definition) is 4. The van der Waals surface area contributed by atoms with Gasteiger partial charge in [0, 0.05) is 12.6 Å². The van der Waals surface area contributed by atoms with Gasteiger partial charge in [0.1, 0.15) is 11.1 Å². The van der Waals surface area contributed by atoms with Crippen molar-refractivity contribution in [2.24, 2.45) is 5.73 Å². The molecule has 1 aromatic heterocycles. The van der Waals surface area contributed by atoms with Crippen molar-refractivity contribution >= 4 is 22.5 Å². The molecule has 0 radical (unpaired) electrons. The number of hydrogen-bond donors (Lipinski definition) is 2. The van der Waals surface area contributed by atoms with Crippen molar-refractivity contribution in [1.82, 2.24) is 9.55 Å². The number of halogens is 1. The third-order valence-electron chi connectivity index (χ3n) is 2.39. The van der Waals surface area contributed by atoms with Crippen LogP contribution in [0.4, 0.5) is 0 Å². The number of aromatic hydroxyl groups is 1. The molecule has 90 valence electrons. The van der Waals surface area contributed by atoms with Gasteiger partial charge in [0.15, 0.2) is 0 Å². The van der Waals surface area contributed by atoms with E-state index in [1.54, 1.807) is 19.1 Å². The minimum atomic E-state index is -0.379. The van der Waals surface area contributed by atoms with Crippen molar-refractivity contribution in [3.63, 3.8) is 0 Å². The topological polar surface area (TPSA) is 81.1 Å². The Morgan fingerprint density at radius 1 is 1.59 bits per heavy atom. The molecule has 5 nitrogen and oxygen atoms in total. The molecule has 0 saturated carbocycles. The van der Waals surface area contributed by atoms with E-state index in [9.17, 15) is 9.90 Å². The maximum atomic E-state index is 12.1. The van der Waals surface area contributed by atoms with Crippen molar-refractivity contribution < 1.29 is 5.11 Å². The van der Waals surface area contributed by atoms with Crippen LogP contribution in [0.3, 0.4) is 0 Å². The zero-order valence-corrected chi connectivity index (χ0v) is 9.98. The van der Waals surface area contributed by atoms with Crippen LogP contribution in [-0.2, 0) is 6.54 Å². The molecule has 6 heteroatoms. The quantitative estimate of drug-likeness (QED) is 0.786. The molecule has 2 aromatic rings.